The number of ether oxygens (including phenoxy) is 1. The van der Waals surface area contributed by atoms with Crippen LogP contribution in [-0.4, -0.2) is 25.6 Å². The maximum absolute atomic E-state index is 12.3. The number of pyridine rings is 1. The van der Waals surface area contributed by atoms with Crippen LogP contribution in [0.5, 0.6) is 5.75 Å². The summed E-state index contributed by atoms with van der Waals surface area (Å²) < 4.78 is 8.50. The summed E-state index contributed by atoms with van der Waals surface area (Å²) in [6.45, 7) is 11.4. The van der Waals surface area contributed by atoms with Gasteiger partial charge >= 0.3 is 5.97 Å². The third-order valence-electron chi connectivity index (χ3n) is 7.66. The fraction of sp³-hybridized carbons (Fsp3) is 0.343. The number of fused-ring (bicyclic) bond motifs is 1. The van der Waals surface area contributed by atoms with E-state index >= 15 is 0 Å². The Morgan fingerprint density at radius 3 is 2.40 bits per heavy atom. The number of hydrogen-bond acceptors (Lipinski definition) is 5. The molecule has 218 valence electrons. The molecule has 0 spiro atoms. The SMILES string of the molecule is CC(C)(C)CCc1c(CC(C)(C)C(=O)O)n(Cc2ccc(-c3nccs3)cc2)c2ccc(OCc3ccccn3)cc12. The van der Waals surface area contributed by atoms with E-state index < -0.39 is 11.4 Å². The van der Waals surface area contributed by atoms with Crippen molar-refractivity contribution >= 4 is 28.2 Å². The average molecular weight is 582 g/mol. The molecular weight excluding hydrogens is 542 g/mol. The maximum Gasteiger partial charge on any atom is 0.309 e. The first kappa shape index (κ1) is 29.5. The van der Waals surface area contributed by atoms with Gasteiger partial charge in [-0.05, 0) is 73.6 Å². The first-order chi connectivity index (χ1) is 20.0. The lowest BCUT2D eigenvalue weighted by atomic mass is 9.84. The number of aliphatic carboxylic acids is 1. The van der Waals surface area contributed by atoms with Crippen molar-refractivity contribution in [2.45, 2.75) is 67.0 Å². The number of carbonyl (C=O) groups is 1. The molecule has 5 rings (SSSR count). The number of hydrogen-bond donors (Lipinski definition) is 1. The smallest absolute Gasteiger partial charge is 0.309 e. The van der Waals surface area contributed by atoms with E-state index in [1.54, 1.807) is 17.5 Å². The standard InChI is InChI=1S/C35H39N3O3S/c1-34(2,3)16-15-28-29-20-27(41-23-26-8-6-7-17-36-26)13-14-30(29)38(31(28)21-35(4,5)33(39)40)22-24-9-11-25(12-10-24)32-37-18-19-42-32/h6-14,17-20H,15-16,21-23H2,1-5H3,(H,39,40). The molecule has 0 radical (unpaired) electrons. The highest BCUT2D eigenvalue weighted by Gasteiger charge is 2.32. The fourth-order valence-electron chi connectivity index (χ4n) is 5.14. The zero-order valence-corrected chi connectivity index (χ0v) is 25.9. The predicted molar refractivity (Wildman–Crippen MR) is 170 cm³/mol. The third-order valence-corrected chi connectivity index (χ3v) is 8.48. The minimum absolute atomic E-state index is 0.132. The van der Waals surface area contributed by atoms with Crippen molar-refractivity contribution in [2.24, 2.45) is 10.8 Å². The molecule has 0 saturated carbocycles. The van der Waals surface area contributed by atoms with Gasteiger partial charge in [-0.1, -0.05) is 51.1 Å². The number of carboxylic acid groups (broad SMARTS) is 1. The highest BCUT2D eigenvalue weighted by atomic mass is 32.1. The van der Waals surface area contributed by atoms with Gasteiger partial charge in [-0.3, -0.25) is 9.78 Å². The van der Waals surface area contributed by atoms with E-state index in [0.29, 0.717) is 19.6 Å². The summed E-state index contributed by atoms with van der Waals surface area (Å²) in [5.74, 6) is -0.0209. The number of aromatic nitrogens is 3. The highest BCUT2D eigenvalue weighted by Crippen LogP contribution is 2.37. The van der Waals surface area contributed by atoms with Crippen LogP contribution in [0.25, 0.3) is 21.5 Å². The number of thiazole rings is 1. The van der Waals surface area contributed by atoms with Crippen molar-refractivity contribution in [3.63, 3.8) is 0 Å². The normalized spacial score (nSPS) is 12.1. The summed E-state index contributed by atoms with van der Waals surface area (Å²) in [5, 5.41) is 14.2. The third kappa shape index (κ3) is 6.90. The van der Waals surface area contributed by atoms with Gasteiger partial charge in [-0.15, -0.1) is 11.3 Å². The van der Waals surface area contributed by atoms with Crippen LogP contribution >= 0.6 is 11.3 Å². The molecule has 0 atom stereocenters. The van der Waals surface area contributed by atoms with Gasteiger partial charge in [0.05, 0.1) is 11.1 Å². The number of rotatable bonds is 11. The van der Waals surface area contributed by atoms with Crippen LogP contribution in [-0.2, 0) is 30.8 Å². The fourth-order valence-corrected chi connectivity index (χ4v) is 5.79. The van der Waals surface area contributed by atoms with Crippen molar-refractivity contribution in [1.29, 1.82) is 0 Å². The van der Waals surface area contributed by atoms with E-state index in [9.17, 15) is 9.90 Å². The molecule has 0 aliphatic carbocycles. The maximum atomic E-state index is 12.3. The summed E-state index contributed by atoms with van der Waals surface area (Å²) >= 11 is 1.63. The van der Waals surface area contributed by atoms with Gasteiger partial charge in [-0.25, -0.2) is 4.98 Å². The monoisotopic (exact) mass is 581 g/mol. The van der Waals surface area contributed by atoms with Crippen LogP contribution in [0.4, 0.5) is 0 Å². The van der Waals surface area contributed by atoms with Crippen molar-refractivity contribution in [1.82, 2.24) is 14.5 Å². The molecule has 3 aromatic heterocycles. The molecule has 7 heteroatoms. The Balaban J connectivity index is 1.59. The second-order valence-electron chi connectivity index (χ2n) is 12.8. The molecule has 0 aliphatic rings. The van der Waals surface area contributed by atoms with Crippen molar-refractivity contribution in [3.05, 3.63) is 101 Å². The Morgan fingerprint density at radius 1 is 0.976 bits per heavy atom. The van der Waals surface area contributed by atoms with Crippen LogP contribution in [0.3, 0.4) is 0 Å². The van der Waals surface area contributed by atoms with E-state index in [1.807, 2.05) is 49.7 Å². The minimum atomic E-state index is -0.921. The number of carboxylic acids is 1. The van der Waals surface area contributed by atoms with Crippen LogP contribution in [0, 0.1) is 10.8 Å². The quantitative estimate of drug-likeness (QED) is 0.169. The first-order valence-corrected chi connectivity index (χ1v) is 15.3. The first-order valence-electron chi connectivity index (χ1n) is 14.4. The lowest BCUT2D eigenvalue weighted by Gasteiger charge is -2.23. The van der Waals surface area contributed by atoms with Gasteiger partial charge in [0, 0.05) is 52.9 Å². The molecule has 6 nitrogen and oxygen atoms in total. The van der Waals surface area contributed by atoms with E-state index in [-0.39, 0.29) is 5.41 Å². The second kappa shape index (κ2) is 12.1. The lowest BCUT2D eigenvalue weighted by Crippen LogP contribution is -2.28. The van der Waals surface area contributed by atoms with Gasteiger partial charge in [0.25, 0.3) is 0 Å². The zero-order chi connectivity index (χ0) is 29.9. The number of benzene rings is 2. The van der Waals surface area contributed by atoms with Crippen LogP contribution in [0.15, 0.2) is 78.4 Å². The van der Waals surface area contributed by atoms with Crippen LogP contribution in [0.2, 0.25) is 0 Å². The van der Waals surface area contributed by atoms with E-state index in [2.05, 4.69) is 71.7 Å². The van der Waals surface area contributed by atoms with E-state index in [0.717, 1.165) is 57.0 Å². The molecule has 2 aromatic carbocycles. The molecule has 0 bridgehead atoms. The second-order valence-corrected chi connectivity index (χ2v) is 13.7. The molecule has 5 aromatic rings. The average Bonchev–Trinajstić information content (AvgIpc) is 3.58. The Morgan fingerprint density at radius 2 is 1.76 bits per heavy atom. The molecular formula is C35H39N3O3S. The summed E-state index contributed by atoms with van der Waals surface area (Å²) in [4.78, 5) is 21.1. The topological polar surface area (TPSA) is 77.2 Å². The highest BCUT2D eigenvalue weighted by molar-refractivity contribution is 7.13. The van der Waals surface area contributed by atoms with E-state index in [4.69, 9.17) is 4.74 Å². The summed E-state index contributed by atoms with van der Waals surface area (Å²) in [7, 11) is 0. The largest absolute Gasteiger partial charge is 0.487 e. The molecule has 42 heavy (non-hydrogen) atoms. The van der Waals surface area contributed by atoms with Crippen molar-refractivity contribution < 1.29 is 14.6 Å². The molecule has 0 amide bonds. The van der Waals surface area contributed by atoms with Crippen molar-refractivity contribution in [3.8, 4) is 16.3 Å². The summed E-state index contributed by atoms with van der Waals surface area (Å²) in [6, 6.07) is 20.6. The Bertz CT molecular complexity index is 1650. The van der Waals surface area contributed by atoms with Gasteiger partial charge < -0.3 is 14.4 Å². The molecule has 1 N–H and O–H groups in total. The number of aryl methyl sites for hydroxylation is 1. The number of nitrogens with zero attached hydrogens (tertiary/aromatic N) is 3. The summed E-state index contributed by atoms with van der Waals surface area (Å²) in [5.41, 5.74) is 5.70. The van der Waals surface area contributed by atoms with Crippen molar-refractivity contribution in [2.75, 3.05) is 0 Å². The van der Waals surface area contributed by atoms with Gasteiger partial charge in [0.2, 0.25) is 0 Å². The van der Waals surface area contributed by atoms with E-state index in [1.165, 1.54) is 5.56 Å². The Labute approximate surface area is 252 Å². The summed E-state index contributed by atoms with van der Waals surface area (Å²) in [6.07, 6.45) is 5.85. The van der Waals surface area contributed by atoms with Gasteiger partial charge in [0.15, 0.2) is 0 Å². The molecule has 0 fully saturated rings. The molecule has 0 aliphatic heterocycles. The van der Waals surface area contributed by atoms with Gasteiger partial charge in [-0.2, -0.15) is 0 Å². The predicted octanol–water partition coefficient (Wildman–Crippen LogP) is 8.42. The Kier molecular flexibility index (Phi) is 8.50. The molecule has 0 unspecified atom stereocenters. The minimum Gasteiger partial charge on any atom is -0.487 e. The molecule has 3 heterocycles. The van der Waals surface area contributed by atoms with Crippen LogP contribution in [0.1, 0.15) is 63.6 Å². The zero-order valence-electron chi connectivity index (χ0n) is 25.1. The van der Waals surface area contributed by atoms with Crippen LogP contribution < -0.4 is 4.74 Å². The molecule has 0 saturated heterocycles. The van der Waals surface area contributed by atoms with Gasteiger partial charge in [0.1, 0.15) is 17.4 Å². The lowest BCUT2D eigenvalue weighted by molar-refractivity contribution is -0.146. The Hall–Kier alpha value is -3.97.